The summed E-state index contributed by atoms with van der Waals surface area (Å²) in [6, 6.07) is 10.6. The van der Waals surface area contributed by atoms with Gasteiger partial charge < -0.3 is 19.8 Å². The molecule has 8 heteroatoms. The summed E-state index contributed by atoms with van der Waals surface area (Å²) in [5, 5.41) is 6.42. The fraction of sp³-hybridized carbons (Fsp3) is 0.227. The number of anilines is 1. The lowest BCUT2D eigenvalue weighted by atomic mass is 10.1. The molecule has 1 heterocycles. The molecule has 0 unspecified atom stereocenters. The largest absolute Gasteiger partial charge is 0.457 e. The van der Waals surface area contributed by atoms with Gasteiger partial charge in [-0.3, -0.25) is 0 Å². The van der Waals surface area contributed by atoms with E-state index in [0.717, 1.165) is 5.56 Å². The summed E-state index contributed by atoms with van der Waals surface area (Å²) in [6.45, 7) is 5.29. The molecule has 30 heavy (non-hydrogen) atoms. The minimum absolute atomic E-state index is 0.0577. The van der Waals surface area contributed by atoms with E-state index in [4.69, 9.17) is 20.8 Å². The van der Waals surface area contributed by atoms with Crippen LogP contribution in [-0.4, -0.2) is 18.0 Å². The van der Waals surface area contributed by atoms with Crippen molar-refractivity contribution in [2.24, 2.45) is 0 Å². The van der Waals surface area contributed by atoms with E-state index in [1.807, 2.05) is 13.8 Å². The number of amides is 2. The average molecular weight is 429 g/mol. The first-order valence-electron chi connectivity index (χ1n) is 9.31. The first kappa shape index (κ1) is 21.4. The lowest BCUT2D eigenvalue weighted by Crippen LogP contribution is -2.34. The Balaban J connectivity index is 1.82. The van der Waals surface area contributed by atoms with Gasteiger partial charge in [0.05, 0.1) is 11.3 Å². The van der Waals surface area contributed by atoms with Crippen molar-refractivity contribution in [1.82, 2.24) is 5.32 Å². The molecule has 0 bridgehead atoms. The van der Waals surface area contributed by atoms with Crippen LogP contribution < -0.4 is 16.3 Å². The van der Waals surface area contributed by atoms with E-state index in [1.54, 1.807) is 43.3 Å². The fourth-order valence-corrected chi connectivity index (χ4v) is 3.04. The number of para-hydroxylation sites is 1. The van der Waals surface area contributed by atoms with Crippen molar-refractivity contribution in [2.45, 2.75) is 33.4 Å². The molecule has 156 valence electrons. The van der Waals surface area contributed by atoms with Crippen LogP contribution in [0.4, 0.5) is 10.5 Å². The number of halogens is 1. The predicted octanol–water partition coefficient (Wildman–Crippen LogP) is 4.64. The number of aryl methyl sites for hydroxylation is 1. The molecule has 3 aromatic rings. The number of benzene rings is 2. The summed E-state index contributed by atoms with van der Waals surface area (Å²) in [5.41, 5.74) is 1.56. The van der Waals surface area contributed by atoms with E-state index in [1.165, 1.54) is 6.07 Å². The lowest BCUT2D eigenvalue weighted by Gasteiger charge is -2.13. The Labute approximate surface area is 178 Å². The van der Waals surface area contributed by atoms with Crippen LogP contribution in [0.1, 0.15) is 35.3 Å². The van der Waals surface area contributed by atoms with Crippen LogP contribution in [0.2, 0.25) is 5.02 Å². The Morgan fingerprint density at radius 1 is 1.17 bits per heavy atom. The van der Waals surface area contributed by atoms with Crippen LogP contribution in [0.15, 0.2) is 51.7 Å². The highest BCUT2D eigenvalue weighted by Crippen LogP contribution is 2.26. The molecule has 0 aliphatic rings. The van der Waals surface area contributed by atoms with E-state index in [2.05, 4.69) is 10.6 Å². The maximum atomic E-state index is 12.7. The van der Waals surface area contributed by atoms with Crippen molar-refractivity contribution >= 4 is 40.3 Å². The second kappa shape index (κ2) is 9.00. The van der Waals surface area contributed by atoms with Crippen LogP contribution >= 0.6 is 11.6 Å². The molecule has 2 amide bonds. The molecule has 7 nitrogen and oxygen atoms in total. The second-order valence-electron chi connectivity index (χ2n) is 7.06. The van der Waals surface area contributed by atoms with Gasteiger partial charge in [-0.2, -0.15) is 0 Å². The Morgan fingerprint density at radius 2 is 1.90 bits per heavy atom. The van der Waals surface area contributed by atoms with Crippen LogP contribution in [0.5, 0.6) is 0 Å². The monoisotopic (exact) mass is 428 g/mol. The van der Waals surface area contributed by atoms with Crippen molar-refractivity contribution in [3.8, 4) is 0 Å². The fourth-order valence-electron chi connectivity index (χ4n) is 2.88. The van der Waals surface area contributed by atoms with Crippen LogP contribution in [-0.2, 0) is 11.3 Å². The van der Waals surface area contributed by atoms with Crippen molar-refractivity contribution in [1.29, 1.82) is 0 Å². The van der Waals surface area contributed by atoms with Gasteiger partial charge in [0.2, 0.25) is 0 Å². The molecule has 0 spiro atoms. The third kappa shape index (κ3) is 4.99. The summed E-state index contributed by atoms with van der Waals surface area (Å²) in [4.78, 5) is 36.5. The minimum Gasteiger partial charge on any atom is -0.457 e. The SMILES string of the molecule is Cc1cc2oc(=O)cc(COC(=O)c3ccccc3NC(=O)NC(C)C)c2cc1Cl. The van der Waals surface area contributed by atoms with Gasteiger partial charge in [0.25, 0.3) is 0 Å². The quantitative estimate of drug-likeness (QED) is 0.455. The zero-order chi connectivity index (χ0) is 21.8. The number of hydrogen-bond acceptors (Lipinski definition) is 5. The molecule has 0 aliphatic carbocycles. The molecular weight excluding hydrogens is 408 g/mol. The average Bonchev–Trinajstić information content (AvgIpc) is 2.67. The molecule has 0 aliphatic heterocycles. The Bertz CT molecular complexity index is 1170. The number of esters is 1. The molecule has 1 aromatic heterocycles. The van der Waals surface area contributed by atoms with Gasteiger partial charge in [0.15, 0.2) is 0 Å². The van der Waals surface area contributed by atoms with Crippen molar-refractivity contribution < 1.29 is 18.7 Å². The summed E-state index contributed by atoms with van der Waals surface area (Å²) in [7, 11) is 0. The topological polar surface area (TPSA) is 97.6 Å². The molecule has 0 saturated heterocycles. The Kier molecular flexibility index (Phi) is 6.42. The number of nitrogens with one attached hydrogen (secondary N) is 2. The summed E-state index contributed by atoms with van der Waals surface area (Å²) in [6.07, 6.45) is 0. The number of hydrogen-bond donors (Lipinski definition) is 2. The van der Waals surface area contributed by atoms with Gasteiger partial charge in [-0.15, -0.1) is 0 Å². The normalized spacial score (nSPS) is 10.8. The molecule has 3 rings (SSSR count). The molecular formula is C22H21ClN2O5. The van der Waals surface area contributed by atoms with Crippen LogP contribution in [0.3, 0.4) is 0 Å². The van der Waals surface area contributed by atoms with Crippen molar-refractivity contribution in [3.05, 3.63) is 74.6 Å². The zero-order valence-electron chi connectivity index (χ0n) is 16.7. The number of rotatable bonds is 5. The van der Waals surface area contributed by atoms with Gasteiger partial charge in [0, 0.05) is 28.1 Å². The minimum atomic E-state index is -0.643. The zero-order valence-corrected chi connectivity index (χ0v) is 17.5. The molecule has 0 atom stereocenters. The molecule has 0 saturated carbocycles. The van der Waals surface area contributed by atoms with Gasteiger partial charge in [-0.05, 0) is 50.6 Å². The highest BCUT2D eigenvalue weighted by atomic mass is 35.5. The molecule has 2 N–H and O–H groups in total. The van der Waals surface area contributed by atoms with E-state index in [9.17, 15) is 14.4 Å². The third-order valence-electron chi connectivity index (χ3n) is 4.28. The van der Waals surface area contributed by atoms with E-state index in [-0.39, 0.29) is 18.2 Å². The summed E-state index contributed by atoms with van der Waals surface area (Å²) < 4.78 is 10.6. The van der Waals surface area contributed by atoms with E-state index in [0.29, 0.717) is 27.2 Å². The van der Waals surface area contributed by atoms with Crippen LogP contribution in [0, 0.1) is 6.92 Å². The highest BCUT2D eigenvalue weighted by molar-refractivity contribution is 6.32. The molecule has 0 radical (unpaired) electrons. The van der Waals surface area contributed by atoms with E-state index < -0.39 is 17.6 Å². The predicted molar refractivity (Wildman–Crippen MR) is 115 cm³/mol. The first-order valence-corrected chi connectivity index (χ1v) is 9.69. The highest BCUT2D eigenvalue weighted by Gasteiger charge is 2.16. The number of carbonyl (C=O) groups is 2. The summed E-state index contributed by atoms with van der Waals surface area (Å²) >= 11 is 6.19. The maximum Gasteiger partial charge on any atom is 0.340 e. The van der Waals surface area contributed by atoms with E-state index >= 15 is 0 Å². The van der Waals surface area contributed by atoms with Crippen LogP contribution in [0.25, 0.3) is 11.0 Å². The van der Waals surface area contributed by atoms with Gasteiger partial charge in [-0.1, -0.05) is 23.7 Å². The van der Waals surface area contributed by atoms with Gasteiger partial charge >= 0.3 is 17.6 Å². The number of urea groups is 1. The van der Waals surface area contributed by atoms with Crippen molar-refractivity contribution in [3.63, 3.8) is 0 Å². The number of fused-ring (bicyclic) bond motifs is 1. The first-order chi connectivity index (χ1) is 14.2. The third-order valence-corrected chi connectivity index (χ3v) is 4.69. The second-order valence-corrected chi connectivity index (χ2v) is 7.47. The van der Waals surface area contributed by atoms with Gasteiger partial charge in [0.1, 0.15) is 12.2 Å². The van der Waals surface area contributed by atoms with Gasteiger partial charge in [-0.25, -0.2) is 14.4 Å². The number of ether oxygens (including phenoxy) is 1. The lowest BCUT2D eigenvalue weighted by molar-refractivity contribution is 0.0475. The maximum absolute atomic E-state index is 12.7. The standard InChI is InChI=1S/C22H21ClN2O5/c1-12(2)24-22(28)25-18-7-5-4-6-15(18)21(27)29-11-14-9-20(26)30-19-8-13(3)17(23)10-16(14)19/h4-10,12H,11H2,1-3H3,(H2,24,25,28). The smallest absolute Gasteiger partial charge is 0.340 e. The summed E-state index contributed by atoms with van der Waals surface area (Å²) in [5.74, 6) is -0.643. The molecule has 0 fully saturated rings. The number of carbonyl (C=O) groups excluding carboxylic acids is 2. The Hall–Kier alpha value is -3.32. The molecule has 2 aromatic carbocycles. The van der Waals surface area contributed by atoms with Crippen molar-refractivity contribution in [2.75, 3.05) is 5.32 Å². The Morgan fingerprint density at radius 3 is 2.63 bits per heavy atom.